The van der Waals surface area contributed by atoms with Crippen LogP contribution in [0.3, 0.4) is 0 Å². The summed E-state index contributed by atoms with van der Waals surface area (Å²) in [5.41, 5.74) is 12.1. The average molecular weight is 348 g/mol. The van der Waals surface area contributed by atoms with Gasteiger partial charge in [0.2, 0.25) is 11.9 Å². The molecule has 0 aromatic carbocycles. The van der Waals surface area contributed by atoms with Crippen molar-refractivity contribution in [3.63, 3.8) is 0 Å². The standard InChI is InChI=1S/C17H28N6O2/c1-12-8-15(21-16(19)20-12)23-6-3-17(4-7-23)2-5-22(10-14(18)25)9-13(17)11-24/h8,13,24H,2-7,9-11H2,1H3,(H2,18,25)(H2,19,20,21)/t13-/m0/s1. The molecule has 1 spiro atoms. The highest BCUT2D eigenvalue weighted by atomic mass is 16.3. The third-order valence-corrected chi connectivity index (χ3v) is 5.81. The number of hydrogen-bond acceptors (Lipinski definition) is 7. The van der Waals surface area contributed by atoms with Crippen LogP contribution in [0.5, 0.6) is 0 Å². The number of likely N-dealkylation sites (tertiary alicyclic amines) is 1. The van der Waals surface area contributed by atoms with Gasteiger partial charge in [-0.2, -0.15) is 4.98 Å². The molecular formula is C17H28N6O2. The van der Waals surface area contributed by atoms with Crippen LogP contribution in [0.2, 0.25) is 0 Å². The minimum absolute atomic E-state index is 0.132. The average Bonchev–Trinajstić information content (AvgIpc) is 2.56. The maximum absolute atomic E-state index is 11.2. The van der Waals surface area contributed by atoms with Crippen LogP contribution in [0.25, 0.3) is 0 Å². The Labute approximate surface area is 148 Å². The Morgan fingerprint density at radius 2 is 2.00 bits per heavy atom. The van der Waals surface area contributed by atoms with Gasteiger partial charge in [0.15, 0.2) is 0 Å². The zero-order chi connectivity index (χ0) is 18.0. The number of hydrogen-bond donors (Lipinski definition) is 3. The van der Waals surface area contributed by atoms with E-state index in [1.807, 2.05) is 13.0 Å². The van der Waals surface area contributed by atoms with Gasteiger partial charge in [-0.25, -0.2) is 4.98 Å². The van der Waals surface area contributed by atoms with Crippen LogP contribution in [-0.4, -0.2) is 65.2 Å². The van der Waals surface area contributed by atoms with Crippen LogP contribution in [-0.2, 0) is 4.79 Å². The number of aryl methyl sites for hydroxylation is 1. The predicted octanol–water partition coefficient (Wildman–Crippen LogP) is -0.247. The van der Waals surface area contributed by atoms with Gasteiger partial charge in [0.25, 0.3) is 0 Å². The third kappa shape index (κ3) is 3.85. The van der Waals surface area contributed by atoms with Gasteiger partial charge >= 0.3 is 0 Å². The van der Waals surface area contributed by atoms with Crippen molar-refractivity contribution in [2.24, 2.45) is 17.1 Å². The van der Waals surface area contributed by atoms with E-state index in [4.69, 9.17) is 11.5 Å². The van der Waals surface area contributed by atoms with Crippen molar-refractivity contribution in [2.75, 3.05) is 50.0 Å². The summed E-state index contributed by atoms with van der Waals surface area (Å²) in [4.78, 5) is 24.0. The van der Waals surface area contributed by atoms with Crippen molar-refractivity contribution < 1.29 is 9.90 Å². The fourth-order valence-electron chi connectivity index (χ4n) is 4.37. The second kappa shape index (κ2) is 7.13. The number of anilines is 2. The summed E-state index contributed by atoms with van der Waals surface area (Å²) in [6.07, 6.45) is 3.00. The second-order valence-electron chi connectivity index (χ2n) is 7.41. The first-order chi connectivity index (χ1) is 11.9. The number of nitrogens with two attached hydrogens (primary N) is 2. The van der Waals surface area contributed by atoms with E-state index in [1.165, 1.54) is 0 Å². The van der Waals surface area contributed by atoms with Crippen molar-refractivity contribution in [2.45, 2.75) is 26.2 Å². The monoisotopic (exact) mass is 348 g/mol. The maximum atomic E-state index is 11.2. The predicted molar refractivity (Wildman–Crippen MR) is 95.9 cm³/mol. The third-order valence-electron chi connectivity index (χ3n) is 5.81. The van der Waals surface area contributed by atoms with Gasteiger partial charge in [-0.3, -0.25) is 9.69 Å². The number of piperidine rings is 2. The molecule has 3 heterocycles. The normalized spacial score (nSPS) is 23.8. The van der Waals surface area contributed by atoms with Crippen LogP contribution in [0.15, 0.2) is 6.07 Å². The molecule has 1 amide bonds. The number of nitrogens with zero attached hydrogens (tertiary/aromatic N) is 4. The Balaban J connectivity index is 1.66. The summed E-state index contributed by atoms with van der Waals surface area (Å²) >= 11 is 0. The van der Waals surface area contributed by atoms with Gasteiger partial charge in [0.1, 0.15) is 5.82 Å². The van der Waals surface area contributed by atoms with E-state index >= 15 is 0 Å². The fraction of sp³-hybridized carbons (Fsp3) is 0.706. The topological polar surface area (TPSA) is 122 Å². The number of aliphatic hydroxyl groups excluding tert-OH is 1. The Bertz CT molecular complexity index is 609. The summed E-state index contributed by atoms with van der Waals surface area (Å²) in [5, 5.41) is 9.92. The van der Waals surface area contributed by atoms with Gasteiger partial charge in [-0.05, 0) is 38.1 Å². The molecule has 2 aliphatic rings. The minimum atomic E-state index is -0.306. The molecule has 8 heteroatoms. The smallest absolute Gasteiger partial charge is 0.231 e. The van der Waals surface area contributed by atoms with Crippen molar-refractivity contribution >= 4 is 17.7 Å². The maximum Gasteiger partial charge on any atom is 0.231 e. The number of aliphatic hydroxyl groups is 1. The summed E-state index contributed by atoms with van der Waals surface area (Å²) in [6.45, 7) is 5.72. The van der Waals surface area contributed by atoms with Crippen molar-refractivity contribution in [1.82, 2.24) is 14.9 Å². The van der Waals surface area contributed by atoms with Gasteiger partial charge in [-0.1, -0.05) is 0 Å². The molecule has 0 aliphatic carbocycles. The zero-order valence-electron chi connectivity index (χ0n) is 14.8. The molecule has 1 aromatic rings. The summed E-state index contributed by atoms with van der Waals surface area (Å²) < 4.78 is 0. The number of amides is 1. The first kappa shape index (κ1) is 17.9. The first-order valence-corrected chi connectivity index (χ1v) is 8.89. The molecule has 2 aliphatic heterocycles. The molecule has 0 unspecified atom stereocenters. The fourth-order valence-corrected chi connectivity index (χ4v) is 4.37. The highest BCUT2D eigenvalue weighted by molar-refractivity contribution is 5.75. The van der Waals surface area contributed by atoms with E-state index < -0.39 is 0 Å². The first-order valence-electron chi connectivity index (χ1n) is 8.89. The van der Waals surface area contributed by atoms with Crippen LogP contribution < -0.4 is 16.4 Å². The highest BCUT2D eigenvalue weighted by Crippen LogP contribution is 2.45. The number of nitrogen functional groups attached to an aromatic ring is 1. The number of carbonyl (C=O) groups excluding carboxylic acids is 1. The lowest BCUT2D eigenvalue weighted by Gasteiger charge is -2.51. The molecule has 8 nitrogen and oxygen atoms in total. The summed E-state index contributed by atoms with van der Waals surface area (Å²) in [5.74, 6) is 1.06. The van der Waals surface area contributed by atoms with E-state index in [0.717, 1.165) is 57.0 Å². The zero-order valence-corrected chi connectivity index (χ0v) is 14.8. The Hall–Kier alpha value is -1.93. The largest absolute Gasteiger partial charge is 0.396 e. The highest BCUT2D eigenvalue weighted by Gasteiger charge is 2.44. The van der Waals surface area contributed by atoms with Crippen LogP contribution in [0.4, 0.5) is 11.8 Å². The minimum Gasteiger partial charge on any atom is -0.396 e. The SMILES string of the molecule is Cc1cc(N2CCC3(CCN(CC(N)=O)C[C@H]3CO)CC2)nc(N)n1. The van der Waals surface area contributed by atoms with Crippen molar-refractivity contribution in [3.8, 4) is 0 Å². The summed E-state index contributed by atoms with van der Waals surface area (Å²) in [6, 6.07) is 1.97. The number of carbonyl (C=O) groups is 1. The lowest BCUT2D eigenvalue weighted by molar-refractivity contribution is -0.120. The molecule has 1 aromatic heterocycles. The van der Waals surface area contributed by atoms with Gasteiger partial charge in [0.05, 0.1) is 6.54 Å². The molecule has 5 N–H and O–H groups in total. The molecule has 138 valence electrons. The second-order valence-corrected chi connectivity index (χ2v) is 7.41. The quantitative estimate of drug-likeness (QED) is 0.686. The molecule has 0 bridgehead atoms. The van der Waals surface area contributed by atoms with E-state index in [2.05, 4.69) is 19.8 Å². The van der Waals surface area contributed by atoms with Gasteiger partial charge in [-0.15, -0.1) is 0 Å². The summed E-state index contributed by atoms with van der Waals surface area (Å²) in [7, 11) is 0. The van der Waals surface area contributed by atoms with Crippen molar-refractivity contribution in [1.29, 1.82) is 0 Å². The molecule has 2 saturated heterocycles. The van der Waals surface area contributed by atoms with Gasteiger partial charge < -0.3 is 21.5 Å². The lowest BCUT2D eigenvalue weighted by atomic mass is 9.64. The van der Waals surface area contributed by atoms with E-state index in [1.54, 1.807) is 0 Å². The van der Waals surface area contributed by atoms with E-state index in [0.29, 0.717) is 5.95 Å². The molecule has 2 fully saturated rings. The number of rotatable bonds is 4. The van der Waals surface area contributed by atoms with Crippen LogP contribution in [0.1, 0.15) is 25.0 Å². The molecule has 0 saturated carbocycles. The Morgan fingerprint density at radius 3 is 2.60 bits per heavy atom. The molecule has 3 rings (SSSR count). The Kier molecular flexibility index (Phi) is 5.10. The molecule has 1 atom stereocenters. The van der Waals surface area contributed by atoms with Crippen LogP contribution >= 0.6 is 0 Å². The van der Waals surface area contributed by atoms with Crippen LogP contribution in [0, 0.1) is 18.3 Å². The molecule has 0 radical (unpaired) electrons. The molecule has 25 heavy (non-hydrogen) atoms. The van der Waals surface area contributed by atoms with Gasteiger partial charge in [0, 0.05) is 43.9 Å². The van der Waals surface area contributed by atoms with E-state index in [9.17, 15) is 9.90 Å². The molecular weight excluding hydrogens is 320 g/mol. The Morgan fingerprint density at radius 1 is 1.32 bits per heavy atom. The number of aromatic nitrogens is 2. The van der Waals surface area contributed by atoms with Crippen molar-refractivity contribution in [3.05, 3.63) is 11.8 Å². The lowest BCUT2D eigenvalue weighted by Crippen LogP contribution is -2.54. The van der Waals surface area contributed by atoms with E-state index in [-0.39, 0.29) is 30.4 Å². The number of primary amides is 1.